The molecule has 0 unspecified atom stereocenters. The first-order chi connectivity index (χ1) is 8.04. The topological polar surface area (TPSA) is 85.9 Å². The van der Waals surface area contributed by atoms with Crippen molar-refractivity contribution in [2.24, 2.45) is 0 Å². The number of nitrogens with one attached hydrogen (secondary N) is 1. The van der Waals surface area contributed by atoms with Crippen LogP contribution in [0.5, 0.6) is 0 Å². The zero-order valence-corrected chi connectivity index (χ0v) is 9.84. The van der Waals surface area contributed by atoms with Crippen LogP contribution in [0.1, 0.15) is 19.9 Å². The summed E-state index contributed by atoms with van der Waals surface area (Å²) < 4.78 is 1.67. The molecular formula is C10H13N5O2. The molecule has 0 saturated carbocycles. The largest absolute Gasteiger partial charge is 0.386 e. The third-order valence-electron chi connectivity index (χ3n) is 2.53. The molecule has 0 aliphatic carbocycles. The van der Waals surface area contributed by atoms with E-state index in [2.05, 4.69) is 15.6 Å². The van der Waals surface area contributed by atoms with Crippen LogP contribution in [-0.4, -0.2) is 27.0 Å². The van der Waals surface area contributed by atoms with E-state index in [0.717, 1.165) is 0 Å². The van der Waals surface area contributed by atoms with Crippen molar-refractivity contribution in [3.63, 3.8) is 0 Å². The number of fused-ring (bicyclic) bond motifs is 1. The summed E-state index contributed by atoms with van der Waals surface area (Å²) in [5.41, 5.74) is 1.96. The number of rotatable bonds is 3. The summed E-state index contributed by atoms with van der Waals surface area (Å²) in [5.74, 6) is 0. The van der Waals surface area contributed by atoms with Crippen LogP contribution in [0.15, 0.2) is 12.1 Å². The molecule has 1 aromatic carbocycles. The van der Waals surface area contributed by atoms with Gasteiger partial charge in [-0.15, -0.1) is 5.10 Å². The standard InChI is InChI=1S/C10H13N5O2/c1-6(2)14-9-5-7(15(16)17)4-8(11-3)10(9)12-13-14/h4-6,11H,1-3H3. The molecule has 7 nitrogen and oxygen atoms in total. The molecule has 1 heterocycles. The van der Waals surface area contributed by atoms with Gasteiger partial charge in [0.25, 0.3) is 5.69 Å². The first-order valence-corrected chi connectivity index (χ1v) is 5.25. The minimum atomic E-state index is -0.419. The molecule has 0 fully saturated rings. The molecule has 0 spiro atoms. The van der Waals surface area contributed by atoms with Gasteiger partial charge in [-0.25, -0.2) is 4.68 Å². The number of aromatic nitrogens is 3. The molecule has 0 bridgehead atoms. The monoisotopic (exact) mass is 235 g/mol. The van der Waals surface area contributed by atoms with E-state index in [1.807, 2.05) is 13.8 Å². The van der Waals surface area contributed by atoms with E-state index >= 15 is 0 Å². The number of anilines is 1. The van der Waals surface area contributed by atoms with Crippen LogP contribution < -0.4 is 5.32 Å². The van der Waals surface area contributed by atoms with Gasteiger partial charge in [0, 0.05) is 25.2 Å². The third-order valence-corrected chi connectivity index (χ3v) is 2.53. The van der Waals surface area contributed by atoms with Gasteiger partial charge in [-0.1, -0.05) is 5.21 Å². The summed E-state index contributed by atoms with van der Waals surface area (Å²) in [7, 11) is 1.70. The predicted octanol–water partition coefficient (Wildman–Crippen LogP) is 1.96. The second kappa shape index (κ2) is 4.00. The minimum Gasteiger partial charge on any atom is -0.386 e. The minimum absolute atomic E-state index is 0.0334. The molecule has 0 amide bonds. The fourth-order valence-electron chi connectivity index (χ4n) is 1.70. The zero-order valence-electron chi connectivity index (χ0n) is 9.84. The van der Waals surface area contributed by atoms with Crippen LogP contribution in [0.2, 0.25) is 0 Å². The average Bonchev–Trinajstić information content (AvgIpc) is 2.70. The highest BCUT2D eigenvalue weighted by molar-refractivity contribution is 5.90. The maximum atomic E-state index is 10.8. The Morgan fingerprint density at radius 1 is 1.47 bits per heavy atom. The highest BCUT2D eigenvalue weighted by Gasteiger charge is 2.16. The van der Waals surface area contributed by atoms with E-state index in [1.165, 1.54) is 12.1 Å². The van der Waals surface area contributed by atoms with Gasteiger partial charge in [-0.2, -0.15) is 0 Å². The molecule has 2 aromatic rings. The Balaban J connectivity index is 2.76. The van der Waals surface area contributed by atoms with E-state index in [1.54, 1.807) is 11.7 Å². The van der Waals surface area contributed by atoms with Crippen molar-refractivity contribution in [2.75, 3.05) is 12.4 Å². The zero-order chi connectivity index (χ0) is 12.6. The normalized spacial score (nSPS) is 11.1. The Kier molecular flexibility index (Phi) is 2.66. The lowest BCUT2D eigenvalue weighted by atomic mass is 10.2. The third kappa shape index (κ3) is 1.79. The highest BCUT2D eigenvalue weighted by atomic mass is 16.6. The van der Waals surface area contributed by atoms with Crippen LogP contribution in [0.3, 0.4) is 0 Å². The van der Waals surface area contributed by atoms with Gasteiger partial charge in [0.1, 0.15) is 5.52 Å². The second-order valence-electron chi connectivity index (χ2n) is 4.00. The number of benzene rings is 1. The number of non-ortho nitro benzene ring substituents is 1. The molecule has 0 saturated heterocycles. The molecule has 17 heavy (non-hydrogen) atoms. The Bertz CT molecular complexity index is 575. The van der Waals surface area contributed by atoms with Crippen molar-refractivity contribution >= 4 is 22.4 Å². The van der Waals surface area contributed by atoms with E-state index in [-0.39, 0.29) is 11.7 Å². The van der Waals surface area contributed by atoms with Gasteiger partial charge in [-0.05, 0) is 13.8 Å². The van der Waals surface area contributed by atoms with E-state index in [4.69, 9.17) is 0 Å². The molecule has 0 aliphatic heterocycles. The van der Waals surface area contributed by atoms with Crippen molar-refractivity contribution in [1.29, 1.82) is 0 Å². The predicted molar refractivity (Wildman–Crippen MR) is 64.1 cm³/mol. The van der Waals surface area contributed by atoms with Crippen molar-refractivity contribution in [2.45, 2.75) is 19.9 Å². The Hall–Kier alpha value is -2.18. The lowest BCUT2D eigenvalue weighted by molar-refractivity contribution is -0.384. The van der Waals surface area contributed by atoms with Gasteiger partial charge >= 0.3 is 0 Å². The van der Waals surface area contributed by atoms with Gasteiger partial charge in [-0.3, -0.25) is 10.1 Å². The molecular weight excluding hydrogens is 222 g/mol. The molecule has 90 valence electrons. The fourth-order valence-corrected chi connectivity index (χ4v) is 1.70. The number of hydrogen-bond acceptors (Lipinski definition) is 5. The Morgan fingerprint density at radius 2 is 2.18 bits per heavy atom. The molecule has 1 N–H and O–H groups in total. The summed E-state index contributed by atoms with van der Waals surface area (Å²) in [5, 5.41) is 21.8. The summed E-state index contributed by atoms with van der Waals surface area (Å²) in [6.07, 6.45) is 0. The summed E-state index contributed by atoms with van der Waals surface area (Å²) in [6.45, 7) is 3.90. The summed E-state index contributed by atoms with van der Waals surface area (Å²) in [6, 6.07) is 3.06. The molecule has 2 rings (SSSR count). The second-order valence-corrected chi connectivity index (χ2v) is 4.00. The summed E-state index contributed by atoms with van der Waals surface area (Å²) in [4.78, 5) is 10.4. The molecule has 1 aromatic heterocycles. The summed E-state index contributed by atoms with van der Waals surface area (Å²) >= 11 is 0. The van der Waals surface area contributed by atoms with Crippen LogP contribution in [-0.2, 0) is 0 Å². The lowest BCUT2D eigenvalue weighted by Crippen LogP contribution is -2.03. The van der Waals surface area contributed by atoms with Gasteiger partial charge < -0.3 is 5.32 Å². The smallest absolute Gasteiger partial charge is 0.273 e. The van der Waals surface area contributed by atoms with E-state index in [0.29, 0.717) is 16.7 Å². The van der Waals surface area contributed by atoms with E-state index < -0.39 is 4.92 Å². The first kappa shape index (κ1) is 11.3. The number of nitro groups is 1. The maximum absolute atomic E-state index is 10.8. The molecule has 0 atom stereocenters. The first-order valence-electron chi connectivity index (χ1n) is 5.25. The van der Waals surface area contributed by atoms with Crippen molar-refractivity contribution in [1.82, 2.24) is 15.0 Å². The van der Waals surface area contributed by atoms with Crippen LogP contribution in [0.25, 0.3) is 11.0 Å². The average molecular weight is 235 g/mol. The number of nitro benzene ring substituents is 1. The van der Waals surface area contributed by atoms with Crippen molar-refractivity contribution < 1.29 is 4.92 Å². The van der Waals surface area contributed by atoms with Crippen molar-refractivity contribution in [3.8, 4) is 0 Å². The van der Waals surface area contributed by atoms with Crippen molar-refractivity contribution in [3.05, 3.63) is 22.2 Å². The highest BCUT2D eigenvalue weighted by Crippen LogP contribution is 2.28. The van der Waals surface area contributed by atoms with Crippen LogP contribution >= 0.6 is 0 Å². The maximum Gasteiger partial charge on any atom is 0.273 e. The van der Waals surface area contributed by atoms with Gasteiger partial charge in [0.15, 0.2) is 0 Å². The number of hydrogen-bond donors (Lipinski definition) is 1. The number of nitrogens with zero attached hydrogens (tertiary/aromatic N) is 4. The van der Waals surface area contributed by atoms with E-state index in [9.17, 15) is 10.1 Å². The molecule has 0 radical (unpaired) electrons. The molecule has 7 heteroatoms. The van der Waals surface area contributed by atoms with Gasteiger partial charge in [0.05, 0.1) is 16.1 Å². The fraction of sp³-hybridized carbons (Fsp3) is 0.400. The lowest BCUT2D eigenvalue weighted by Gasteiger charge is -2.06. The quantitative estimate of drug-likeness (QED) is 0.649. The van der Waals surface area contributed by atoms with Crippen LogP contribution in [0.4, 0.5) is 11.4 Å². The SMILES string of the molecule is CNc1cc([N+](=O)[O-])cc2c1nnn2C(C)C. The Morgan fingerprint density at radius 3 is 2.71 bits per heavy atom. The van der Waals surface area contributed by atoms with Gasteiger partial charge in [0.2, 0.25) is 0 Å². The molecule has 0 aliphatic rings. The van der Waals surface area contributed by atoms with Crippen LogP contribution in [0, 0.1) is 10.1 Å². The Labute approximate surface area is 97.6 Å².